The van der Waals surface area contributed by atoms with Crippen LogP contribution in [0.5, 0.6) is 0 Å². The second kappa shape index (κ2) is 15.1. The molecule has 0 bridgehead atoms. The fraction of sp³-hybridized carbons (Fsp3) is 0.696. The summed E-state index contributed by atoms with van der Waals surface area (Å²) in [6.45, 7) is 17.1. The Morgan fingerprint density at radius 3 is 2.16 bits per heavy atom. The van der Waals surface area contributed by atoms with Gasteiger partial charge in [-0.05, 0) is 70.4 Å². The summed E-state index contributed by atoms with van der Waals surface area (Å²) in [5.41, 5.74) is 5.14. The Balaban J connectivity index is 0.000000535. The van der Waals surface area contributed by atoms with Crippen molar-refractivity contribution in [3.8, 4) is 0 Å². The molecule has 1 fully saturated rings. The van der Waals surface area contributed by atoms with Gasteiger partial charge in [-0.25, -0.2) is 0 Å². The average molecular weight is 348 g/mol. The van der Waals surface area contributed by atoms with E-state index in [-0.39, 0.29) is 0 Å². The molecule has 0 aliphatic carbocycles. The van der Waals surface area contributed by atoms with E-state index in [1.807, 2.05) is 6.20 Å². The molecular formula is C23H41NO. The van der Waals surface area contributed by atoms with E-state index in [0.29, 0.717) is 0 Å². The fourth-order valence-electron chi connectivity index (χ4n) is 3.22. The summed E-state index contributed by atoms with van der Waals surface area (Å²) in [7, 11) is 0. The van der Waals surface area contributed by atoms with Crippen molar-refractivity contribution in [1.82, 2.24) is 0 Å². The highest BCUT2D eigenvalue weighted by Gasteiger charge is 2.11. The molecule has 144 valence electrons. The molecule has 0 spiro atoms. The van der Waals surface area contributed by atoms with E-state index in [9.17, 15) is 0 Å². The lowest BCUT2D eigenvalue weighted by Gasteiger charge is -2.20. The number of nitrogens with zero attached hydrogens (tertiary/aromatic N) is 1. The average Bonchev–Trinajstić information content (AvgIpc) is 2.61. The van der Waals surface area contributed by atoms with Crippen molar-refractivity contribution in [1.29, 1.82) is 0 Å². The lowest BCUT2D eigenvalue weighted by Crippen LogP contribution is -2.14. The maximum absolute atomic E-state index is 5.25. The summed E-state index contributed by atoms with van der Waals surface area (Å²) in [4.78, 5) is 4.49. The van der Waals surface area contributed by atoms with E-state index in [1.54, 1.807) is 0 Å². The van der Waals surface area contributed by atoms with Crippen molar-refractivity contribution < 1.29 is 4.74 Å². The zero-order chi connectivity index (χ0) is 19.1. The Hall–Kier alpha value is -1.15. The van der Waals surface area contributed by atoms with Gasteiger partial charge in [-0.2, -0.15) is 0 Å². The highest BCUT2D eigenvalue weighted by molar-refractivity contribution is 6.03. The maximum atomic E-state index is 5.25. The fourth-order valence-corrected chi connectivity index (χ4v) is 3.22. The number of rotatable bonds is 7. The minimum atomic E-state index is 0.976. The zero-order valence-electron chi connectivity index (χ0n) is 17.8. The Morgan fingerprint density at radius 1 is 1.08 bits per heavy atom. The second-order valence-corrected chi connectivity index (χ2v) is 6.89. The molecule has 0 N–H and O–H groups in total. The minimum Gasteiger partial charge on any atom is -0.381 e. The van der Waals surface area contributed by atoms with Gasteiger partial charge in [-0.1, -0.05) is 51.3 Å². The largest absolute Gasteiger partial charge is 0.381 e. The normalized spacial score (nSPS) is 16.6. The molecule has 0 saturated carbocycles. The van der Waals surface area contributed by atoms with Crippen LogP contribution in [-0.2, 0) is 4.74 Å². The van der Waals surface area contributed by atoms with E-state index in [0.717, 1.165) is 37.7 Å². The van der Waals surface area contributed by atoms with Crippen molar-refractivity contribution in [3.63, 3.8) is 0 Å². The van der Waals surface area contributed by atoms with Crippen LogP contribution in [0.2, 0.25) is 0 Å². The number of allylic oxidation sites excluding steroid dienone is 5. The third kappa shape index (κ3) is 10.4. The summed E-state index contributed by atoms with van der Waals surface area (Å²) in [5, 5.41) is 0. The molecule has 0 aromatic heterocycles. The smallest absolute Gasteiger partial charge is 0.0468 e. The molecule has 2 heteroatoms. The predicted octanol–water partition coefficient (Wildman–Crippen LogP) is 7.28. The van der Waals surface area contributed by atoms with Gasteiger partial charge in [0.2, 0.25) is 0 Å². The van der Waals surface area contributed by atoms with Crippen LogP contribution in [-0.4, -0.2) is 18.9 Å². The third-order valence-electron chi connectivity index (χ3n) is 4.56. The molecule has 0 radical (unpaired) electrons. The zero-order valence-corrected chi connectivity index (χ0v) is 17.8. The van der Waals surface area contributed by atoms with Gasteiger partial charge in [-0.15, -0.1) is 0 Å². The first-order valence-corrected chi connectivity index (χ1v) is 10.1. The molecule has 1 aliphatic rings. The van der Waals surface area contributed by atoms with E-state index in [4.69, 9.17) is 4.74 Å². The molecule has 0 atom stereocenters. The number of hydrogen-bond donors (Lipinski definition) is 0. The standard InChI is InChI=1S/C15H25N.C8H16O/c1-7-10-11-16-13(6)15(12(4)5)14(8-2)9-3;1-2-3-8-4-6-9-7-5-8/h8,10-11H,7,9H2,1-6H3;8H,2-7H2,1H3/b11-10+,14-8-,16-13?;. The van der Waals surface area contributed by atoms with Gasteiger partial charge in [0.15, 0.2) is 0 Å². The highest BCUT2D eigenvalue weighted by atomic mass is 16.5. The van der Waals surface area contributed by atoms with Gasteiger partial charge in [0, 0.05) is 25.1 Å². The van der Waals surface area contributed by atoms with Crippen LogP contribution in [0.3, 0.4) is 0 Å². The summed E-state index contributed by atoms with van der Waals surface area (Å²) < 4.78 is 5.25. The van der Waals surface area contributed by atoms with Gasteiger partial charge in [0.1, 0.15) is 0 Å². The minimum absolute atomic E-state index is 0.976. The Kier molecular flexibility index (Phi) is 14.4. The monoisotopic (exact) mass is 347 g/mol. The van der Waals surface area contributed by atoms with E-state index in [1.165, 1.54) is 42.4 Å². The lowest BCUT2D eigenvalue weighted by molar-refractivity contribution is 0.0637. The molecule has 1 heterocycles. The molecule has 0 amide bonds. The summed E-state index contributed by atoms with van der Waals surface area (Å²) in [6.07, 6.45) is 13.6. The first-order valence-electron chi connectivity index (χ1n) is 10.1. The van der Waals surface area contributed by atoms with Crippen molar-refractivity contribution in [2.45, 2.75) is 87.0 Å². The molecule has 25 heavy (non-hydrogen) atoms. The van der Waals surface area contributed by atoms with E-state index in [2.05, 4.69) is 65.6 Å². The van der Waals surface area contributed by atoms with Crippen LogP contribution in [0.4, 0.5) is 0 Å². The topological polar surface area (TPSA) is 21.6 Å². The highest BCUT2D eigenvalue weighted by Crippen LogP contribution is 2.20. The molecule has 1 rings (SSSR count). The summed E-state index contributed by atoms with van der Waals surface area (Å²) in [6, 6.07) is 0. The van der Waals surface area contributed by atoms with E-state index >= 15 is 0 Å². The number of hydrogen-bond acceptors (Lipinski definition) is 2. The quantitative estimate of drug-likeness (QED) is 0.350. The van der Waals surface area contributed by atoms with Crippen molar-refractivity contribution in [2.75, 3.05) is 13.2 Å². The molecule has 2 nitrogen and oxygen atoms in total. The van der Waals surface area contributed by atoms with Crippen molar-refractivity contribution >= 4 is 5.71 Å². The van der Waals surface area contributed by atoms with Crippen LogP contribution < -0.4 is 0 Å². The molecule has 0 aromatic rings. The Morgan fingerprint density at radius 2 is 1.72 bits per heavy atom. The van der Waals surface area contributed by atoms with Gasteiger partial charge in [-0.3, -0.25) is 4.99 Å². The predicted molar refractivity (Wildman–Crippen MR) is 113 cm³/mol. The molecular weight excluding hydrogens is 306 g/mol. The van der Waals surface area contributed by atoms with Crippen molar-refractivity contribution in [2.24, 2.45) is 10.9 Å². The van der Waals surface area contributed by atoms with Crippen LogP contribution >= 0.6 is 0 Å². The second-order valence-electron chi connectivity index (χ2n) is 6.89. The molecule has 1 aliphatic heterocycles. The van der Waals surface area contributed by atoms with Crippen LogP contribution in [0.1, 0.15) is 87.0 Å². The molecule has 0 unspecified atom stereocenters. The molecule has 1 saturated heterocycles. The lowest BCUT2D eigenvalue weighted by atomic mass is 9.95. The third-order valence-corrected chi connectivity index (χ3v) is 4.56. The van der Waals surface area contributed by atoms with Crippen LogP contribution in [0.25, 0.3) is 0 Å². The van der Waals surface area contributed by atoms with Gasteiger partial charge >= 0.3 is 0 Å². The van der Waals surface area contributed by atoms with Gasteiger partial charge in [0.25, 0.3) is 0 Å². The van der Waals surface area contributed by atoms with Crippen LogP contribution in [0, 0.1) is 5.92 Å². The summed E-state index contributed by atoms with van der Waals surface area (Å²) >= 11 is 0. The van der Waals surface area contributed by atoms with E-state index < -0.39 is 0 Å². The number of aliphatic imine (C=N–C) groups is 1. The van der Waals surface area contributed by atoms with Gasteiger partial charge in [0.05, 0.1) is 0 Å². The first kappa shape index (κ1) is 23.9. The van der Waals surface area contributed by atoms with Gasteiger partial charge < -0.3 is 4.74 Å². The van der Waals surface area contributed by atoms with Crippen LogP contribution in [0.15, 0.2) is 40.1 Å². The number of ether oxygens (including phenoxy) is 1. The Bertz CT molecular complexity index is 456. The Labute approximate surface area is 157 Å². The summed E-state index contributed by atoms with van der Waals surface area (Å²) in [5.74, 6) is 0.976. The molecule has 0 aromatic carbocycles. The maximum Gasteiger partial charge on any atom is 0.0468 e. The SMILES string of the molecule is C/C=C(/CC)C(C(C)=N/C=C/CC)=C(C)C.CCCC1CCOCC1. The first-order chi connectivity index (χ1) is 12.0. The van der Waals surface area contributed by atoms with Crippen molar-refractivity contribution in [3.05, 3.63) is 35.1 Å².